The molecule has 0 heterocycles. The number of ether oxygens (including phenoxy) is 1. The maximum absolute atomic E-state index is 12.4. The average Bonchev–Trinajstić information content (AvgIpc) is 2.55. The van der Waals surface area contributed by atoms with Crippen LogP contribution >= 0.6 is 0 Å². The minimum atomic E-state index is -0.483. The van der Waals surface area contributed by atoms with Crippen molar-refractivity contribution in [2.24, 2.45) is 5.92 Å². The minimum Gasteiger partial charge on any atom is -0.493 e. The van der Waals surface area contributed by atoms with E-state index in [1.54, 1.807) is 18.2 Å². The third-order valence-electron chi connectivity index (χ3n) is 3.42. The molecule has 0 spiro atoms. The molecule has 0 aliphatic carbocycles. The Labute approximate surface area is 140 Å². The van der Waals surface area contributed by atoms with Crippen LogP contribution in [0.3, 0.4) is 0 Å². The van der Waals surface area contributed by atoms with Gasteiger partial charge >= 0.3 is 0 Å². The molecule has 0 radical (unpaired) electrons. The van der Waals surface area contributed by atoms with Gasteiger partial charge in [0.05, 0.1) is 17.1 Å². The van der Waals surface area contributed by atoms with Gasteiger partial charge in [0.2, 0.25) is 0 Å². The fourth-order valence-electron chi connectivity index (χ4n) is 2.05. The van der Waals surface area contributed by atoms with Gasteiger partial charge in [0.25, 0.3) is 11.6 Å². The molecule has 0 aliphatic heterocycles. The molecule has 2 rings (SSSR count). The van der Waals surface area contributed by atoms with Gasteiger partial charge in [-0.2, -0.15) is 0 Å². The number of para-hydroxylation sites is 1. The number of hydrogen-bond acceptors (Lipinski definition) is 4. The zero-order valence-corrected chi connectivity index (χ0v) is 13.7. The van der Waals surface area contributed by atoms with E-state index in [-0.39, 0.29) is 11.6 Å². The molecule has 0 saturated heterocycles. The summed E-state index contributed by atoms with van der Waals surface area (Å²) in [5.74, 6) is 0.729. The molecule has 1 amide bonds. The van der Waals surface area contributed by atoms with Gasteiger partial charge in [0.15, 0.2) is 0 Å². The first kappa shape index (κ1) is 17.5. The molecule has 0 saturated carbocycles. The van der Waals surface area contributed by atoms with Gasteiger partial charge < -0.3 is 10.1 Å². The highest BCUT2D eigenvalue weighted by molar-refractivity contribution is 6.06. The number of carbonyl (C=O) groups is 1. The highest BCUT2D eigenvalue weighted by atomic mass is 16.6. The number of amides is 1. The van der Waals surface area contributed by atoms with Crippen LogP contribution < -0.4 is 10.1 Å². The van der Waals surface area contributed by atoms with Crippen LogP contribution in [0.15, 0.2) is 48.5 Å². The summed E-state index contributed by atoms with van der Waals surface area (Å²) in [5.41, 5.74) is 0.896. The second-order valence-corrected chi connectivity index (χ2v) is 5.79. The lowest BCUT2D eigenvalue weighted by Gasteiger charge is -2.12. The van der Waals surface area contributed by atoms with Crippen LogP contribution in [0.1, 0.15) is 30.6 Å². The molecule has 0 atom stereocenters. The van der Waals surface area contributed by atoms with Crippen molar-refractivity contribution >= 4 is 17.3 Å². The summed E-state index contributed by atoms with van der Waals surface area (Å²) in [6.45, 7) is 4.76. The lowest BCUT2D eigenvalue weighted by atomic mass is 10.1. The van der Waals surface area contributed by atoms with Gasteiger partial charge in [-0.15, -0.1) is 0 Å². The van der Waals surface area contributed by atoms with E-state index in [0.717, 1.165) is 6.42 Å². The summed E-state index contributed by atoms with van der Waals surface area (Å²) in [4.78, 5) is 22.6. The van der Waals surface area contributed by atoms with E-state index in [2.05, 4.69) is 19.2 Å². The highest BCUT2D eigenvalue weighted by Crippen LogP contribution is 2.21. The van der Waals surface area contributed by atoms with Gasteiger partial charge in [-0.05, 0) is 36.6 Å². The quantitative estimate of drug-likeness (QED) is 0.608. The number of rotatable bonds is 7. The highest BCUT2D eigenvalue weighted by Gasteiger charge is 2.13. The van der Waals surface area contributed by atoms with E-state index in [9.17, 15) is 14.9 Å². The van der Waals surface area contributed by atoms with Crippen molar-refractivity contribution in [3.05, 3.63) is 64.2 Å². The van der Waals surface area contributed by atoms with E-state index in [4.69, 9.17) is 4.74 Å². The molecule has 6 heteroatoms. The Bertz CT molecular complexity index is 711. The van der Waals surface area contributed by atoms with E-state index in [1.165, 1.54) is 24.3 Å². The normalized spacial score (nSPS) is 10.5. The summed E-state index contributed by atoms with van der Waals surface area (Å²) in [6.07, 6.45) is 0.901. The van der Waals surface area contributed by atoms with Crippen molar-refractivity contribution in [2.75, 3.05) is 11.9 Å². The monoisotopic (exact) mass is 328 g/mol. The van der Waals surface area contributed by atoms with Crippen molar-refractivity contribution in [1.82, 2.24) is 0 Å². The lowest BCUT2D eigenvalue weighted by Crippen LogP contribution is -2.14. The third-order valence-corrected chi connectivity index (χ3v) is 3.42. The predicted octanol–water partition coefficient (Wildman–Crippen LogP) is 4.27. The van der Waals surface area contributed by atoms with Crippen LogP contribution in [0, 0.1) is 16.0 Å². The van der Waals surface area contributed by atoms with Crippen molar-refractivity contribution < 1.29 is 14.5 Å². The maximum atomic E-state index is 12.4. The molecule has 0 fully saturated rings. The van der Waals surface area contributed by atoms with Crippen molar-refractivity contribution in [3.8, 4) is 5.75 Å². The van der Waals surface area contributed by atoms with Gasteiger partial charge in [-0.1, -0.05) is 26.0 Å². The summed E-state index contributed by atoms with van der Waals surface area (Å²) >= 11 is 0. The average molecular weight is 328 g/mol. The van der Waals surface area contributed by atoms with Gasteiger partial charge in [-0.3, -0.25) is 14.9 Å². The van der Waals surface area contributed by atoms with Gasteiger partial charge in [-0.25, -0.2) is 0 Å². The van der Waals surface area contributed by atoms with Crippen LogP contribution in [-0.2, 0) is 0 Å². The second kappa shape index (κ2) is 8.10. The number of nitrogens with zero attached hydrogens (tertiary/aromatic N) is 1. The van der Waals surface area contributed by atoms with Crippen LogP contribution in [0.2, 0.25) is 0 Å². The second-order valence-electron chi connectivity index (χ2n) is 5.79. The molecule has 6 nitrogen and oxygen atoms in total. The Balaban J connectivity index is 2.07. The molecule has 2 aromatic rings. The Hall–Kier alpha value is -2.89. The van der Waals surface area contributed by atoms with Gasteiger partial charge in [0.1, 0.15) is 5.75 Å². The summed E-state index contributed by atoms with van der Waals surface area (Å²) in [5, 5.41) is 13.4. The van der Waals surface area contributed by atoms with E-state index >= 15 is 0 Å². The smallest absolute Gasteiger partial charge is 0.269 e. The van der Waals surface area contributed by atoms with E-state index in [0.29, 0.717) is 29.5 Å². The number of benzene rings is 2. The van der Waals surface area contributed by atoms with Crippen molar-refractivity contribution in [2.45, 2.75) is 20.3 Å². The molecular formula is C18H20N2O4. The molecule has 2 aromatic carbocycles. The van der Waals surface area contributed by atoms with Crippen LogP contribution in [0.25, 0.3) is 0 Å². The number of nitrogens with one attached hydrogen (secondary N) is 1. The predicted molar refractivity (Wildman–Crippen MR) is 92.4 cm³/mol. The Kier molecular flexibility index (Phi) is 5.89. The van der Waals surface area contributed by atoms with E-state index in [1.807, 2.05) is 6.07 Å². The SMILES string of the molecule is CC(C)CCOc1ccccc1C(=O)Nc1ccc([N+](=O)[O-])cc1. The molecule has 24 heavy (non-hydrogen) atoms. The Morgan fingerprint density at radius 3 is 2.46 bits per heavy atom. The van der Waals surface area contributed by atoms with E-state index < -0.39 is 4.92 Å². The number of anilines is 1. The third kappa shape index (κ3) is 4.81. The fraction of sp³-hybridized carbons (Fsp3) is 0.278. The fourth-order valence-corrected chi connectivity index (χ4v) is 2.05. The zero-order chi connectivity index (χ0) is 17.5. The lowest BCUT2D eigenvalue weighted by molar-refractivity contribution is -0.384. The molecule has 0 aliphatic rings. The number of carbonyl (C=O) groups excluding carboxylic acids is 1. The molecular weight excluding hydrogens is 308 g/mol. The number of non-ortho nitro benzene ring substituents is 1. The largest absolute Gasteiger partial charge is 0.493 e. The first-order valence-electron chi connectivity index (χ1n) is 7.75. The molecule has 0 bridgehead atoms. The van der Waals surface area contributed by atoms with Crippen molar-refractivity contribution in [3.63, 3.8) is 0 Å². The standard InChI is InChI=1S/C18H20N2O4/c1-13(2)11-12-24-17-6-4-3-5-16(17)18(21)19-14-7-9-15(10-8-14)20(22)23/h3-10,13H,11-12H2,1-2H3,(H,19,21). The summed E-state index contributed by atoms with van der Waals surface area (Å²) in [7, 11) is 0. The van der Waals surface area contributed by atoms with Crippen molar-refractivity contribution in [1.29, 1.82) is 0 Å². The van der Waals surface area contributed by atoms with Crippen LogP contribution in [0.5, 0.6) is 5.75 Å². The van der Waals surface area contributed by atoms with Crippen LogP contribution in [0.4, 0.5) is 11.4 Å². The molecule has 1 N–H and O–H groups in total. The number of hydrogen-bond donors (Lipinski definition) is 1. The first-order chi connectivity index (χ1) is 11.5. The Morgan fingerprint density at radius 1 is 1.17 bits per heavy atom. The number of nitro groups is 1. The topological polar surface area (TPSA) is 81.5 Å². The maximum Gasteiger partial charge on any atom is 0.269 e. The summed E-state index contributed by atoms with van der Waals surface area (Å²) in [6, 6.07) is 12.7. The molecule has 126 valence electrons. The summed E-state index contributed by atoms with van der Waals surface area (Å²) < 4.78 is 5.71. The van der Waals surface area contributed by atoms with Gasteiger partial charge in [0, 0.05) is 17.8 Å². The molecule has 0 unspecified atom stereocenters. The molecule has 0 aromatic heterocycles. The zero-order valence-electron chi connectivity index (χ0n) is 13.7. The minimum absolute atomic E-state index is 0.0228. The Morgan fingerprint density at radius 2 is 1.83 bits per heavy atom. The first-order valence-corrected chi connectivity index (χ1v) is 7.75. The van der Waals surface area contributed by atoms with Crippen LogP contribution in [-0.4, -0.2) is 17.4 Å². The number of nitro benzene ring substituents is 1.